The van der Waals surface area contributed by atoms with E-state index in [0.717, 1.165) is 26.1 Å². The molecule has 1 aliphatic carbocycles. The maximum absolute atomic E-state index is 12.5. The monoisotopic (exact) mass is 278 g/mol. The van der Waals surface area contributed by atoms with Gasteiger partial charge in [0.15, 0.2) is 0 Å². The fraction of sp³-hybridized carbons (Fsp3) is 0.667. The number of thiophene rings is 1. The molecule has 1 N–H and O–H groups in total. The average Bonchev–Trinajstić information content (AvgIpc) is 3.14. The first kappa shape index (κ1) is 13.1. The highest BCUT2D eigenvalue weighted by Gasteiger charge is 2.33. The number of carbonyl (C=O) groups is 1. The molecule has 0 spiro atoms. The van der Waals surface area contributed by atoms with Crippen molar-refractivity contribution in [1.82, 2.24) is 10.2 Å². The minimum Gasteiger partial charge on any atom is -0.335 e. The topological polar surface area (TPSA) is 32.3 Å². The molecule has 1 aliphatic heterocycles. The summed E-state index contributed by atoms with van der Waals surface area (Å²) in [5.41, 5.74) is 0. The van der Waals surface area contributed by atoms with Crippen LogP contribution in [0.25, 0.3) is 0 Å². The lowest BCUT2D eigenvalue weighted by Crippen LogP contribution is -2.37. The van der Waals surface area contributed by atoms with Gasteiger partial charge in [-0.15, -0.1) is 11.3 Å². The van der Waals surface area contributed by atoms with Gasteiger partial charge in [-0.3, -0.25) is 4.79 Å². The molecule has 0 aromatic carbocycles. The van der Waals surface area contributed by atoms with Gasteiger partial charge in [0.2, 0.25) is 5.91 Å². The number of hydrogen-bond donors (Lipinski definition) is 1. The number of nitrogens with zero attached hydrogens (tertiary/aromatic N) is 1. The Kier molecular flexibility index (Phi) is 4.18. The third-order valence-electron chi connectivity index (χ3n) is 4.08. The van der Waals surface area contributed by atoms with E-state index in [0.29, 0.717) is 17.9 Å². The Labute approximate surface area is 119 Å². The highest BCUT2D eigenvalue weighted by Crippen LogP contribution is 2.30. The van der Waals surface area contributed by atoms with Crippen molar-refractivity contribution in [3.05, 3.63) is 22.4 Å². The van der Waals surface area contributed by atoms with Crippen molar-refractivity contribution in [3.8, 4) is 0 Å². The molecule has 1 amide bonds. The first-order valence-corrected chi connectivity index (χ1v) is 8.23. The van der Waals surface area contributed by atoms with Crippen LogP contribution in [0.1, 0.15) is 37.0 Å². The molecule has 3 nitrogen and oxygen atoms in total. The van der Waals surface area contributed by atoms with Crippen molar-refractivity contribution < 1.29 is 4.79 Å². The van der Waals surface area contributed by atoms with Crippen molar-refractivity contribution >= 4 is 17.2 Å². The third kappa shape index (κ3) is 3.57. The van der Waals surface area contributed by atoms with Crippen LogP contribution in [0.2, 0.25) is 0 Å². The Hall–Kier alpha value is -0.870. The SMILES string of the molecule is O=C(CC1CCCNC1)N(Cc1cccs1)C1CC1. The smallest absolute Gasteiger partial charge is 0.223 e. The first-order valence-electron chi connectivity index (χ1n) is 7.35. The van der Waals surface area contributed by atoms with Crippen molar-refractivity contribution in [1.29, 1.82) is 0 Å². The van der Waals surface area contributed by atoms with Crippen LogP contribution in [0.4, 0.5) is 0 Å². The predicted molar refractivity (Wildman–Crippen MR) is 78.1 cm³/mol. The number of piperidine rings is 1. The summed E-state index contributed by atoms with van der Waals surface area (Å²) in [4.78, 5) is 16.0. The fourth-order valence-corrected chi connectivity index (χ4v) is 3.54. The van der Waals surface area contributed by atoms with Crippen molar-refractivity contribution in [2.75, 3.05) is 13.1 Å². The molecule has 19 heavy (non-hydrogen) atoms. The molecule has 2 fully saturated rings. The molecule has 3 rings (SSSR count). The van der Waals surface area contributed by atoms with Gasteiger partial charge in [-0.25, -0.2) is 0 Å². The summed E-state index contributed by atoms with van der Waals surface area (Å²) in [6, 6.07) is 4.72. The highest BCUT2D eigenvalue weighted by atomic mass is 32.1. The van der Waals surface area contributed by atoms with Gasteiger partial charge in [0.1, 0.15) is 0 Å². The second-order valence-corrected chi connectivity index (χ2v) is 6.78. The van der Waals surface area contributed by atoms with Gasteiger partial charge in [-0.1, -0.05) is 6.07 Å². The summed E-state index contributed by atoms with van der Waals surface area (Å²) in [6.45, 7) is 2.96. The Bertz CT molecular complexity index is 408. The quantitative estimate of drug-likeness (QED) is 0.898. The van der Waals surface area contributed by atoms with E-state index in [1.807, 2.05) is 0 Å². The molecular weight excluding hydrogens is 256 g/mol. The summed E-state index contributed by atoms with van der Waals surface area (Å²) in [5.74, 6) is 0.912. The lowest BCUT2D eigenvalue weighted by atomic mass is 9.95. The van der Waals surface area contributed by atoms with Crippen LogP contribution in [-0.4, -0.2) is 29.9 Å². The van der Waals surface area contributed by atoms with E-state index in [1.54, 1.807) is 11.3 Å². The third-order valence-corrected chi connectivity index (χ3v) is 4.94. The fourth-order valence-electron chi connectivity index (χ4n) is 2.84. The van der Waals surface area contributed by atoms with Crippen molar-refractivity contribution in [2.45, 2.75) is 44.7 Å². The molecule has 0 radical (unpaired) electrons. The summed E-state index contributed by atoms with van der Waals surface area (Å²) in [5, 5.41) is 5.49. The first-order chi connectivity index (χ1) is 9.33. The molecule has 1 saturated heterocycles. The van der Waals surface area contributed by atoms with Crippen LogP contribution in [0.3, 0.4) is 0 Å². The average molecular weight is 278 g/mol. The molecule has 1 unspecified atom stereocenters. The van der Waals surface area contributed by atoms with Crippen molar-refractivity contribution in [3.63, 3.8) is 0 Å². The molecule has 104 valence electrons. The molecular formula is C15H22N2OS. The van der Waals surface area contributed by atoms with Gasteiger partial charge >= 0.3 is 0 Å². The van der Waals surface area contributed by atoms with E-state index in [9.17, 15) is 4.79 Å². The van der Waals surface area contributed by atoms with Crippen LogP contribution < -0.4 is 5.32 Å². The van der Waals surface area contributed by atoms with E-state index in [4.69, 9.17) is 0 Å². The van der Waals surface area contributed by atoms with E-state index < -0.39 is 0 Å². The summed E-state index contributed by atoms with van der Waals surface area (Å²) in [7, 11) is 0. The van der Waals surface area contributed by atoms with E-state index >= 15 is 0 Å². The van der Waals surface area contributed by atoms with Crippen LogP contribution in [0.5, 0.6) is 0 Å². The zero-order valence-corrected chi connectivity index (χ0v) is 12.1. The van der Waals surface area contributed by atoms with Gasteiger partial charge in [0, 0.05) is 17.3 Å². The van der Waals surface area contributed by atoms with E-state index in [1.165, 1.54) is 30.6 Å². The zero-order valence-electron chi connectivity index (χ0n) is 11.3. The number of rotatable bonds is 5. The Morgan fingerprint density at radius 1 is 1.42 bits per heavy atom. The normalized spacial score (nSPS) is 23.3. The maximum Gasteiger partial charge on any atom is 0.223 e. The lowest BCUT2D eigenvalue weighted by Gasteiger charge is -2.27. The maximum atomic E-state index is 12.5. The molecule has 1 aromatic rings. The number of nitrogens with one attached hydrogen (secondary N) is 1. The van der Waals surface area contributed by atoms with Crippen LogP contribution in [0, 0.1) is 5.92 Å². The van der Waals surface area contributed by atoms with Crippen LogP contribution in [0.15, 0.2) is 17.5 Å². The lowest BCUT2D eigenvalue weighted by molar-refractivity contribution is -0.133. The Morgan fingerprint density at radius 3 is 2.95 bits per heavy atom. The predicted octanol–water partition coefficient (Wildman–Crippen LogP) is 2.63. The van der Waals surface area contributed by atoms with Gasteiger partial charge < -0.3 is 10.2 Å². The molecule has 1 aromatic heterocycles. The van der Waals surface area contributed by atoms with Crippen LogP contribution in [-0.2, 0) is 11.3 Å². The van der Waals surface area contributed by atoms with Gasteiger partial charge in [-0.2, -0.15) is 0 Å². The number of hydrogen-bond acceptors (Lipinski definition) is 3. The molecule has 0 bridgehead atoms. The Morgan fingerprint density at radius 2 is 2.32 bits per heavy atom. The minimum absolute atomic E-state index is 0.365. The van der Waals surface area contributed by atoms with Gasteiger partial charge in [-0.05, 0) is 56.1 Å². The second kappa shape index (κ2) is 6.06. The summed E-state index contributed by atoms with van der Waals surface area (Å²) >= 11 is 1.75. The van der Waals surface area contributed by atoms with Crippen molar-refractivity contribution in [2.24, 2.45) is 5.92 Å². The van der Waals surface area contributed by atoms with Gasteiger partial charge in [0.25, 0.3) is 0 Å². The highest BCUT2D eigenvalue weighted by molar-refractivity contribution is 7.09. The molecule has 4 heteroatoms. The largest absolute Gasteiger partial charge is 0.335 e. The molecule has 2 aliphatic rings. The Balaban J connectivity index is 1.57. The zero-order chi connectivity index (χ0) is 13.1. The summed E-state index contributed by atoms with van der Waals surface area (Å²) < 4.78 is 0. The van der Waals surface area contributed by atoms with Gasteiger partial charge in [0.05, 0.1) is 6.54 Å². The minimum atomic E-state index is 0.365. The second-order valence-electron chi connectivity index (χ2n) is 5.75. The standard InChI is InChI=1S/C15H22N2OS/c18-15(9-12-3-1-7-16-10-12)17(13-5-6-13)11-14-4-2-8-19-14/h2,4,8,12-13,16H,1,3,5-7,9-11H2. The van der Waals surface area contributed by atoms with Crippen LogP contribution >= 0.6 is 11.3 Å². The van der Waals surface area contributed by atoms with E-state index in [2.05, 4.69) is 27.7 Å². The van der Waals surface area contributed by atoms with E-state index in [-0.39, 0.29) is 0 Å². The summed E-state index contributed by atoms with van der Waals surface area (Å²) in [6.07, 6.45) is 5.54. The number of amides is 1. The molecule has 1 saturated carbocycles. The molecule has 2 heterocycles. The molecule has 1 atom stereocenters. The number of carbonyl (C=O) groups excluding carboxylic acids is 1.